The second kappa shape index (κ2) is 15.5. The molecule has 0 saturated heterocycles. The molecule has 0 fully saturated rings. The van der Waals surface area contributed by atoms with Gasteiger partial charge in [-0.2, -0.15) is 0 Å². The van der Waals surface area contributed by atoms with Crippen LogP contribution >= 0.6 is 7.28 Å². The maximum atomic E-state index is 13.0. The number of hydrogen-bond donors (Lipinski definition) is 4. The Morgan fingerprint density at radius 1 is 0.691 bits per heavy atom. The summed E-state index contributed by atoms with van der Waals surface area (Å²) in [5.74, 6) is 1.34. The third kappa shape index (κ3) is 6.42. The molecule has 5 aromatic carbocycles. The van der Waals surface area contributed by atoms with Gasteiger partial charge in [0.2, 0.25) is 0 Å². The Morgan fingerprint density at radius 2 is 1.16 bits per heavy atom. The molecular formula is C45H52N3O6P. The second-order valence-corrected chi connectivity index (χ2v) is 18.1. The SMILES string of the molecule is COC(OC)(C(C#N)(N(C(C)C)C(C)C)C(c1ccccc1)(c1ccccc1)c1ccccc1)P(O)(O)(O)CCCc1cccc2c1Nc1ccccc1O2. The summed E-state index contributed by atoms with van der Waals surface area (Å²) in [5, 5.41) is 15.7. The van der Waals surface area contributed by atoms with E-state index >= 15 is 0 Å². The van der Waals surface area contributed by atoms with Crippen LogP contribution in [0, 0.1) is 11.3 Å². The Labute approximate surface area is 324 Å². The van der Waals surface area contributed by atoms with Gasteiger partial charge in [-0.05, 0) is 0 Å². The van der Waals surface area contributed by atoms with E-state index in [2.05, 4.69) is 11.4 Å². The zero-order valence-corrected chi connectivity index (χ0v) is 33.3. The Hall–Kier alpha value is -4.62. The van der Waals surface area contributed by atoms with Gasteiger partial charge in [0.15, 0.2) is 0 Å². The van der Waals surface area contributed by atoms with Crippen LogP contribution < -0.4 is 10.1 Å². The maximum absolute atomic E-state index is 13.0. The number of methoxy groups -OCH3 is 2. The third-order valence-electron chi connectivity index (χ3n) is 10.9. The fourth-order valence-electron chi connectivity index (χ4n) is 9.08. The van der Waals surface area contributed by atoms with Crippen LogP contribution in [0.4, 0.5) is 11.4 Å². The van der Waals surface area contributed by atoms with Crippen molar-refractivity contribution in [2.75, 3.05) is 25.7 Å². The first-order valence-corrected chi connectivity index (χ1v) is 21.0. The van der Waals surface area contributed by atoms with Crippen LogP contribution in [0.25, 0.3) is 0 Å². The molecule has 10 heteroatoms. The second-order valence-electron chi connectivity index (χ2n) is 14.7. The summed E-state index contributed by atoms with van der Waals surface area (Å²) in [4.78, 5) is 40.9. The summed E-state index contributed by atoms with van der Waals surface area (Å²) in [6, 6.07) is 43.7. The number of anilines is 2. The van der Waals surface area contributed by atoms with Crippen LogP contribution in [-0.2, 0) is 21.3 Å². The zero-order valence-electron chi connectivity index (χ0n) is 32.4. The number of nitrogens with one attached hydrogen (secondary N) is 1. The monoisotopic (exact) mass is 761 g/mol. The number of rotatable bonds is 15. The fraction of sp³-hybridized carbons (Fsp3) is 0.311. The Morgan fingerprint density at radius 3 is 1.64 bits per heavy atom. The van der Waals surface area contributed by atoms with Crippen LogP contribution in [0.2, 0.25) is 0 Å². The molecule has 288 valence electrons. The first kappa shape index (κ1) is 40.1. The van der Waals surface area contributed by atoms with Crippen molar-refractivity contribution in [3.63, 3.8) is 0 Å². The van der Waals surface area contributed by atoms with Gasteiger partial charge in [0.1, 0.15) is 0 Å². The molecule has 9 nitrogen and oxygen atoms in total. The van der Waals surface area contributed by atoms with Gasteiger partial charge in [-0.25, -0.2) is 0 Å². The summed E-state index contributed by atoms with van der Waals surface area (Å²) in [5.41, 5.74) is -2.13. The van der Waals surface area contributed by atoms with Crippen molar-refractivity contribution < 1.29 is 28.9 Å². The molecule has 1 heterocycles. The minimum absolute atomic E-state index is 0.0927. The van der Waals surface area contributed by atoms with Gasteiger partial charge in [0, 0.05) is 0 Å². The molecule has 1 atom stereocenters. The summed E-state index contributed by atoms with van der Waals surface area (Å²) in [7, 11) is -3.79. The van der Waals surface area contributed by atoms with Crippen molar-refractivity contribution in [3.8, 4) is 17.6 Å². The fourth-order valence-corrected chi connectivity index (χ4v) is 11.9. The van der Waals surface area contributed by atoms with Crippen LogP contribution in [0.3, 0.4) is 0 Å². The van der Waals surface area contributed by atoms with Gasteiger partial charge in [0.05, 0.1) is 0 Å². The number of ether oxygens (including phenoxy) is 3. The van der Waals surface area contributed by atoms with Crippen molar-refractivity contribution in [1.29, 1.82) is 5.26 Å². The molecule has 6 rings (SSSR count). The first-order valence-electron chi connectivity index (χ1n) is 18.7. The van der Waals surface area contributed by atoms with Crippen molar-refractivity contribution >= 4 is 18.7 Å². The number of aryl methyl sites for hydroxylation is 1. The molecule has 0 amide bonds. The van der Waals surface area contributed by atoms with Gasteiger partial charge in [0.25, 0.3) is 0 Å². The molecule has 55 heavy (non-hydrogen) atoms. The normalized spacial score (nSPS) is 14.9. The van der Waals surface area contributed by atoms with Crippen LogP contribution in [0.5, 0.6) is 11.5 Å². The molecule has 4 N–H and O–H groups in total. The Kier molecular flexibility index (Phi) is 11.3. The third-order valence-corrected chi connectivity index (χ3v) is 14.0. The molecule has 1 aliphatic heterocycles. The van der Waals surface area contributed by atoms with Crippen molar-refractivity contribution in [1.82, 2.24) is 4.90 Å². The van der Waals surface area contributed by atoms with E-state index in [1.807, 2.05) is 166 Å². The van der Waals surface area contributed by atoms with E-state index in [0.717, 1.165) is 16.9 Å². The van der Waals surface area contributed by atoms with E-state index in [0.29, 0.717) is 34.6 Å². The number of para-hydroxylation sites is 3. The van der Waals surface area contributed by atoms with E-state index in [9.17, 15) is 19.9 Å². The summed E-state index contributed by atoms with van der Waals surface area (Å²) in [6.45, 7) is 7.78. The van der Waals surface area contributed by atoms with Crippen molar-refractivity contribution in [2.24, 2.45) is 0 Å². The predicted octanol–water partition coefficient (Wildman–Crippen LogP) is 9.11. The number of hydrogen-bond acceptors (Lipinski definition) is 9. The number of nitrogens with zero attached hydrogens (tertiary/aromatic N) is 2. The van der Waals surface area contributed by atoms with Gasteiger partial charge < -0.3 is 0 Å². The number of benzene rings is 5. The molecular weight excluding hydrogens is 709 g/mol. The Balaban J connectivity index is 1.61. The minimum atomic E-state index is -6.34. The van der Waals surface area contributed by atoms with E-state index in [1.54, 1.807) is 0 Å². The molecule has 1 unspecified atom stereocenters. The van der Waals surface area contributed by atoms with Crippen LogP contribution in [0.1, 0.15) is 56.4 Å². The molecule has 1 aliphatic rings. The van der Waals surface area contributed by atoms with E-state index < -0.39 is 42.0 Å². The van der Waals surface area contributed by atoms with Gasteiger partial charge in [-0.15, -0.1) is 0 Å². The van der Waals surface area contributed by atoms with E-state index in [-0.39, 0.29) is 6.42 Å². The predicted molar refractivity (Wildman–Crippen MR) is 219 cm³/mol. The molecule has 0 aromatic heterocycles. The molecule has 0 radical (unpaired) electrons. The van der Waals surface area contributed by atoms with Gasteiger partial charge in [-0.3, -0.25) is 0 Å². The average molecular weight is 762 g/mol. The standard InChI is InChI=1S/C45H52N3O6P/c1-33(2)48(34(3)4)43(32-46,44(36-22-10-7-11-23-36,37-24-12-8-13-25-37)38-26-14-9-15-27-38)45(52-5,53-6)55(49,50,51)31-19-21-35-20-18-30-41-42(35)47-39-28-16-17-29-40(39)54-41/h7-18,20,22-30,33-34,47,49-51H,19,21,31H2,1-6H3. The topological polar surface area (TPSA) is 127 Å². The zero-order chi connectivity index (χ0) is 39.5. The summed E-state index contributed by atoms with van der Waals surface area (Å²) >= 11 is 0. The van der Waals surface area contributed by atoms with Crippen molar-refractivity contribution in [3.05, 3.63) is 156 Å². The van der Waals surface area contributed by atoms with E-state index in [4.69, 9.17) is 14.2 Å². The molecule has 0 aliphatic carbocycles. The summed E-state index contributed by atoms with van der Waals surface area (Å²) < 4.78 is 19.0. The van der Waals surface area contributed by atoms with Crippen molar-refractivity contribution in [2.45, 2.75) is 69.1 Å². The van der Waals surface area contributed by atoms with Crippen LogP contribution in [-0.4, -0.2) is 63.1 Å². The first-order chi connectivity index (χ1) is 26.3. The average Bonchev–Trinajstić information content (AvgIpc) is 3.18. The van der Waals surface area contributed by atoms with Gasteiger partial charge >= 0.3 is 326 Å². The number of nitriles is 1. The molecule has 5 aromatic rings. The van der Waals surface area contributed by atoms with E-state index in [1.165, 1.54) is 14.2 Å². The van der Waals surface area contributed by atoms with Gasteiger partial charge in [-0.1, -0.05) is 0 Å². The molecule has 0 bridgehead atoms. The Bertz CT molecular complexity index is 2010. The molecule has 0 spiro atoms. The summed E-state index contributed by atoms with van der Waals surface area (Å²) in [6.07, 6.45) is -0.130. The quantitative estimate of drug-likeness (QED) is 0.0461. The number of fused-ring (bicyclic) bond motifs is 2. The molecule has 0 saturated carbocycles. The van der Waals surface area contributed by atoms with Crippen LogP contribution in [0.15, 0.2) is 133 Å².